The Hall–Kier alpha value is -1.79. The number of carboxylic acid groups (broad SMARTS) is 1. The highest BCUT2D eigenvalue weighted by molar-refractivity contribution is 5.78. The second-order valence-corrected chi connectivity index (χ2v) is 6.30. The number of hydrogen-bond donors (Lipinski definition) is 1. The van der Waals surface area contributed by atoms with Gasteiger partial charge in [0.15, 0.2) is 0 Å². The third-order valence-electron chi connectivity index (χ3n) is 4.69. The van der Waals surface area contributed by atoms with Gasteiger partial charge in [0.1, 0.15) is 5.75 Å². The number of likely N-dealkylation sites (N-methyl/N-ethyl adjacent to an activating group) is 1. The molecule has 1 N–H and O–H groups in total. The average Bonchev–Trinajstić information content (AvgIpc) is 2.56. The Balaban J connectivity index is 1.75. The molecule has 0 spiro atoms. The van der Waals surface area contributed by atoms with Crippen molar-refractivity contribution in [2.24, 2.45) is 0 Å². The van der Waals surface area contributed by atoms with Crippen LogP contribution in [-0.4, -0.2) is 68.0 Å². The van der Waals surface area contributed by atoms with Crippen LogP contribution in [0.1, 0.15) is 12.8 Å². The molecular formula is C17H24N2O4. The van der Waals surface area contributed by atoms with Crippen molar-refractivity contribution in [2.75, 3.05) is 51.3 Å². The van der Waals surface area contributed by atoms with E-state index >= 15 is 0 Å². The van der Waals surface area contributed by atoms with E-state index in [0.29, 0.717) is 31.8 Å². The fraction of sp³-hybridized carbons (Fsp3) is 0.588. The van der Waals surface area contributed by atoms with Crippen LogP contribution >= 0.6 is 0 Å². The van der Waals surface area contributed by atoms with Crippen LogP contribution in [0.3, 0.4) is 0 Å². The van der Waals surface area contributed by atoms with Crippen molar-refractivity contribution in [1.82, 2.24) is 4.90 Å². The topological polar surface area (TPSA) is 62.2 Å². The summed E-state index contributed by atoms with van der Waals surface area (Å²) in [4.78, 5) is 16.3. The predicted octanol–water partition coefficient (Wildman–Crippen LogP) is 1.45. The summed E-state index contributed by atoms with van der Waals surface area (Å²) in [5.41, 5.74) is -0.0814. The van der Waals surface area contributed by atoms with Crippen LogP contribution in [0, 0.1) is 0 Å². The quantitative estimate of drug-likeness (QED) is 0.906. The van der Waals surface area contributed by atoms with Crippen LogP contribution in [0.4, 0.5) is 5.69 Å². The smallest absolute Gasteiger partial charge is 0.348 e. The maximum Gasteiger partial charge on any atom is 0.348 e. The van der Waals surface area contributed by atoms with Gasteiger partial charge in [-0.2, -0.15) is 0 Å². The van der Waals surface area contributed by atoms with E-state index in [0.717, 1.165) is 31.9 Å². The fourth-order valence-electron chi connectivity index (χ4n) is 3.09. The average molecular weight is 320 g/mol. The van der Waals surface area contributed by atoms with Crippen LogP contribution in [-0.2, 0) is 9.53 Å². The highest BCUT2D eigenvalue weighted by Crippen LogP contribution is 2.30. The lowest BCUT2D eigenvalue weighted by Crippen LogP contribution is -2.49. The predicted molar refractivity (Wildman–Crippen MR) is 87.2 cm³/mol. The SMILES string of the molecule is CN1CCN(c2cccc(OC3(C(=O)O)CCOCC3)c2)CC1. The van der Waals surface area contributed by atoms with Gasteiger partial charge in [0.2, 0.25) is 5.60 Å². The summed E-state index contributed by atoms with van der Waals surface area (Å²) in [6.07, 6.45) is 0.752. The van der Waals surface area contributed by atoms with E-state index in [1.54, 1.807) is 0 Å². The first-order valence-electron chi connectivity index (χ1n) is 8.13. The molecule has 0 unspecified atom stereocenters. The molecular weight excluding hydrogens is 296 g/mol. The number of ether oxygens (including phenoxy) is 2. The van der Waals surface area contributed by atoms with Crippen LogP contribution in [0.5, 0.6) is 5.75 Å². The van der Waals surface area contributed by atoms with E-state index < -0.39 is 11.6 Å². The molecule has 0 aliphatic carbocycles. The molecule has 1 aromatic rings. The minimum atomic E-state index is -1.17. The lowest BCUT2D eigenvalue weighted by Gasteiger charge is -2.35. The molecule has 2 aliphatic heterocycles. The number of piperazine rings is 1. The van der Waals surface area contributed by atoms with Crippen molar-refractivity contribution < 1.29 is 19.4 Å². The molecule has 0 aromatic heterocycles. The second kappa shape index (κ2) is 6.76. The van der Waals surface area contributed by atoms with E-state index in [9.17, 15) is 9.90 Å². The molecule has 2 fully saturated rings. The van der Waals surface area contributed by atoms with Crippen molar-refractivity contribution >= 4 is 11.7 Å². The Kier molecular flexibility index (Phi) is 4.73. The van der Waals surface area contributed by atoms with Crippen molar-refractivity contribution in [3.63, 3.8) is 0 Å². The van der Waals surface area contributed by atoms with Gasteiger partial charge >= 0.3 is 5.97 Å². The second-order valence-electron chi connectivity index (χ2n) is 6.30. The zero-order valence-corrected chi connectivity index (χ0v) is 13.5. The molecule has 126 valence electrons. The first kappa shape index (κ1) is 16.1. The zero-order valence-electron chi connectivity index (χ0n) is 13.5. The fourth-order valence-corrected chi connectivity index (χ4v) is 3.09. The van der Waals surface area contributed by atoms with Gasteiger partial charge in [-0.05, 0) is 19.2 Å². The van der Waals surface area contributed by atoms with Crippen molar-refractivity contribution in [1.29, 1.82) is 0 Å². The Morgan fingerprint density at radius 2 is 1.91 bits per heavy atom. The molecule has 2 heterocycles. The van der Waals surface area contributed by atoms with Crippen LogP contribution < -0.4 is 9.64 Å². The summed E-state index contributed by atoms with van der Waals surface area (Å²) in [7, 11) is 2.12. The Labute approximate surface area is 136 Å². The van der Waals surface area contributed by atoms with Crippen molar-refractivity contribution in [3.05, 3.63) is 24.3 Å². The zero-order chi connectivity index (χ0) is 16.3. The maximum atomic E-state index is 11.7. The molecule has 2 aliphatic rings. The molecule has 6 heteroatoms. The molecule has 6 nitrogen and oxygen atoms in total. The molecule has 3 rings (SSSR count). The van der Waals surface area contributed by atoms with Crippen molar-refractivity contribution in [2.45, 2.75) is 18.4 Å². The van der Waals surface area contributed by atoms with Gasteiger partial charge in [-0.15, -0.1) is 0 Å². The summed E-state index contributed by atoms with van der Waals surface area (Å²) < 4.78 is 11.2. The summed E-state index contributed by atoms with van der Waals surface area (Å²) in [6, 6.07) is 7.76. The Morgan fingerprint density at radius 1 is 1.22 bits per heavy atom. The van der Waals surface area contributed by atoms with Crippen LogP contribution in [0.2, 0.25) is 0 Å². The van der Waals surface area contributed by atoms with Gasteiger partial charge in [0, 0.05) is 50.8 Å². The molecule has 0 radical (unpaired) electrons. The highest BCUT2D eigenvalue weighted by Gasteiger charge is 2.42. The summed E-state index contributed by atoms with van der Waals surface area (Å²) in [6.45, 7) is 4.84. The van der Waals surface area contributed by atoms with Crippen LogP contribution in [0.25, 0.3) is 0 Å². The Morgan fingerprint density at radius 3 is 2.57 bits per heavy atom. The molecule has 1 aromatic carbocycles. The lowest BCUT2D eigenvalue weighted by molar-refractivity contribution is -0.163. The van der Waals surface area contributed by atoms with E-state index in [4.69, 9.17) is 9.47 Å². The standard InChI is InChI=1S/C17H24N2O4/c1-18-7-9-19(10-8-18)14-3-2-4-15(13-14)23-17(16(20)21)5-11-22-12-6-17/h2-4,13H,5-12H2,1H3,(H,20,21). The van der Waals surface area contributed by atoms with E-state index in [-0.39, 0.29) is 0 Å². The monoisotopic (exact) mass is 320 g/mol. The number of benzene rings is 1. The third kappa shape index (κ3) is 3.59. The van der Waals surface area contributed by atoms with Gasteiger partial charge in [-0.25, -0.2) is 4.79 Å². The summed E-state index contributed by atoms with van der Waals surface area (Å²) in [5.74, 6) is -0.295. The number of hydrogen-bond acceptors (Lipinski definition) is 5. The number of rotatable bonds is 4. The van der Waals surface area contributed by atoms with Crippen molar-refractivity contribution in [3.8, 4) is 5.75 Å². The number of anilines is 1. The molecule has 0 bridgehead atoms. The first-order chi connectivity index (χ1) is 11.1. The molecule has 0 atom stereocenters. The first-order valence-corrected chi connectivity index (χ1v) is 8.13. The van der Waals surface area contributed by atoms with Crippen LogP contribution in [0.15, 0.2) is 24.3 Å². The number of nitrogens with zero attached hydrogens (tertiary/aromatic N) is 2. The van der Waals surface area contributed by atoms with Gasteiger partial charge in [-0.1, -0.05) is 6.07 Å². The molecule has 0 amide bonds. The molecule has 0 saturated carbocycles. The van der Waals surface area contributed by atoms with E-state index in [1.165, 1.54) is 0 Å². The van der Waals surface area contributed by atoms with E-state index in [1.807, 2.05) is 18.2 Å². The van der Waals surface area contributed by atoms with Gasteiger partial charge in [0.25, 0.3) is 0 Å². The van der Waals surface area contributed by atoms with Gasteiger partial charge < -0.3 is 24.4 Å². The molecule has 23 heavy (non-hydrogen) atoms. The maximum absolute atomic E-state index is 11.7. The van der Waals surface area contributed by atoms with Gasteiger partial charge in [-0.3, -0.25) is 0 Å². The number of carbonyl (C=O) groups is 1. The minimum absolute atomic E-state index is 0.376. The number of carboxylic acids is 1. The van der Waals surface area contributed by atoms with E-state index in [2.05, 4.69) is 22.9 Å². The summed E-state index contributed by atoms with van der Waals surface area (Å²) in [5, 5.41) is 9.60. The minimum Gasteiger partial charge on any atom is -0.478 e. The number of aliphatic carboxylic acids is 1. The van der Waals surface area contributed by atoms with Gasteiger partial charge in [0.05, 0.1) is 13.2 Å². The lowest BCUT2D eigenvalue weighted by atomic mass is 9.94. The molecule has 2 saturated heterocycles. The highest BCUT2D eigenvalue weighted by atomic mass is 16.5. The Bertz CT molecular complexity index is 549. The summed E-state index contributed by atoms with van der Waals surface area (Å²) >= 11 is 0. The third-order valence-corrected chi connectivity index (χ3v) is 4.69. The normalized spacial score (nSPS) is 21.9. The largest absolute Gasteiger partial charge is 0.478 e.